The summed E-state index contributed by atoms with van der Waals surface area (Å²) in [5.41, 5.74) is 1.30. The van der Waals surface area contributed by atoms with Crippen LogP contribution in [-0.4, -0.2) is 15.9 Å². The Balaban J connectivity index is 1.94. The predicted molar refractivity (Wildman–Crippen MR) is 85.0 cm³/mol. The maximum Gasteiger partial charge on any atom is 0.155 e. The van der Waals surface area contributed by atoms with Gasteiger partial charge in [0, 0.05) is 17.2 Å². The van der Waals surface area contributed by atoms with Gasteiger partial charge in [-0.15, -0.1) is 0 Å². The van der Waals surface area contributed by atoms with E-state index in [1.54, 1.807) is 18.7 Å². The highest BCUT2D eigenvalue weighted by Gasteiger charge is 2.32. The molecule has 1 heterocycles. The van der Waals surface area contributed by atoms with Gasteiger partial charge in [0.2, 0.25) is 0 Å². The van der Waals surface area contributed by atoms with Crippen LogP contribution in [0.4, 0.5) is 0 Å². The van der Waals surface area contributed by atoms with Crippen LogP contribution in [0.5, 0.6) is 0 Å². The van der Waals surface area contributed by atoms with Gasteiger partial charge in [0.15, 0.2) is 5.72 Å². The molecule has 2 aromatic carbocycles. The van der Waals surface area contributed by atoms with Gasteiger partial charge in [0.1, 0.15) is 5.04 Å². The lowest BCUT2D eigenvalue weighted by Crippen LogP contribution is -2.29. The van der Waals surface area contributed by atoms with E-state index in [2.05, 4.69) is 17.1 Å². The molecule has 0 bridgehead atoms. The first-order chi connectivity index (χ1) is 9.64. The van der Waals surface area contributed by atoms with Crippen LogP contribution in [0, 0.1) is 0 Å². The third-order valence-electron chi connectivity index (χ3n) is 3.36. The number of hydrogen-bond acceptors (Lipinski definition) is 3. The van der Waals surface area contributed by atoms with Crippen LogP contribution in [0.3, 0.4) is 0 Å². The van der Waals surface area contributed by atoms with Crippen molar-refractivity contribution in [3.05, 3.63) is 71.8 Å². The zero-order chi connectivity index (χ0) is 14.0. The second-order valence-electron chi connectivity index (χ2n) is 5.22. The molecule has 2 atom stereocenters. The van der Waals surface area contributed by atoms with Crippen molar-refractivity contribution in [2.75, 3.05) is 0 Å². The Hall–Kier alpha value is -1.58. The Bertz CT molecular complexity index is 607. The smallest absolute Gasteiger partial charge is 0.155 e. The summed E-state index contributed by atoms with van der Waals surface area (Å²) in [4.78, 5) is 4.50. The van der Waals surface area contributed by atoms with Gasteiger partial charge in [-0.1, -0.05) is 72.4 Å². The molecule has 20 heavy (non-hydrogen) atoms. The number of benzene rings is 2. The second-order valence-corrected chi connectivity index (χ2v) is 6.41. The number of aliphatic imine (C=N–C) groups is 1. The molecule has 0 fully saturated rings. The summed E-state index contributed by atoms with van der Waals surface area (Å²) < 4.78 is 0. The summed E-state index contributed by atoms with van der Waals surface area (Å²) in [6, 6.07) is 20.4. The molecule has 0 aromatic heterocycles. The fourth-order valence-electron chi connectivity index (χ4n) is 2.39. The molecule has 2 aromatic rings. The van der Waals surface area contributed by atoms with Crippen LogP contribution >= 0.6 is 11.8 Å². The zero-order valence-electron chi connectivity index (χ0n) is 11.4. The SMILES string of the molecule is C[C@@]1(O)C[C@H](c2ccccc2)SC(c2ccccc2)=N1. The van der Waals surface area contributed by atoms with E-state index in [1.165, 1.54) is 5.56 Å². The molecule has 1 N–H and O–H groups in total. The fraction of sp³-hybridized carbons (Fsp3) is 0.235. The summed E-state index contributed by atoms with van der Waals surface area (Å²) in [5.74, 6) is 0. The average molecular weight is 283 g/mol. The second kappa shape index (κ2) is 5.43. The van der Waals surface area contributed by atoms with Gasteiger partial charge < -0.3 is 5.11 Å². The first-order valence-electron chi connectivity index (χ1n) is 6.73. The lowest BCUT2D eigenvalue weighted by atomic mass is 10.0. The van der Waals surface area contributed by atoms with Crippen LogP contribution in [-0.2, 0) is 0 Å². The highest BCUT2D eigenvalue weighted by Crippen LogP contribution is 2.43. The van der Waals surface area contributed by atoms with Crippen LogP contribution in [0.1, 0.15) is 29.7 Å². The quantitative estimate of drug-likeness (QED) is 0.903. The zero-order valence-corrected chi connectivity index (χ0v) is 12.2. The van der Waals surface area contributed by atoms with Gasteiger partial charge in [0.05, 0.1) is 0 Å². The molecule has 2 nitrogen and oxygen atoms in total. The standard InChI is InChI=1S/C17H17NOS/c1-17(19)12-15(13-8-4-2-5-9-13)20-16(18-17)14-10-6-3-7-11-14/h2-11,15,19H,12H2,1H3/t15-,17-/m1/s1. The molecule has 3 rings (SSSR count). The Labute approximate surface area is 123 Å². The van der Waals surface area contributed by atoms with E-state index in [-0.39, 0.29) is 5.25 Å². The molecule has 102 valence electrons. The van der Waals surface area contributed by atoms with E-state index in [0.29, 0.717) is 6.42 Å². The van der Waals surface area contributed by atoms with Crippen molar-refractivity contribution in [1.29, 1.82) is 0 Å². The summed E-state index contributed by atoms with van der Waals surface area (Å²) >= 11 is 1.73. The summed E-state index contributed by atoms with van der Waals surface area (Å²) in [6.07, 6.45) is 0.637. The fourth-order valence-corrected chi connectivity index (χ4v) is 3.87. The van der Waals surface area contributed by atoms with Crippen molar-refractivity contribution in [2.45, 2.75) is 24.3 Å². The van der Waals surface area contributed by atoms with Crippen molar-refractivity contribution in [3.63, 3.8) is 0 Å². The molecule has 1 aliphatic rings. The Morgan fingerprint density at radius 2 is 1.65 bits per heavy atom. The monoisotopic (exact) mass is 283 g/mol. The number of nitrogens with zero attached hydrogens (tertiary/aromatic N) is 1. The first kappa shape index (κ1) is 13.4. The van der Waals surface area contributed by atoms with Crippen molar-refractivity contribution in [1.82, 2.24) is 0 Å². The lowest BCUT2D eigenvalue weighted by Gasteiger charge is -2.31. The molecule has 0 amide bonds. The molecule has 0 saturated carbocycles. The number of thioether (sulfide) groups is 1. The highest BCUT2D eigenvalue weighted by molar-refractivity contribution is 8.14. The van der Waals surface area contributed by atoms with Crippen molar-refractivity contribution in [3.8, 4) is 0 Å². The van der Waals surface area contributed by atoms with E-state index >= 15 is 0 Å². The Morgan fingerprint density at radius 1 is 1.05 bits per heavy atom. The van der Waals surface area contributed by atoms with Gasteiger partial charge in [-0.05, 0) is 12.5 Å². The van der Waals surface area contributed by atoms with Gasteiger partial charge in [0.25, 0.3) is 0 Å². The number of hydrogen-bond donors (Lipinski definition) is 1. The van der Waals surface area contributed by atoms with Gasteiger partial charge in [-0.2, -0.15) is 0 Å². The maximum absolute atomic E-state index is 10.4. The van der Waals surface area contributed by atoms with E-state index in [9.17, 15) is 5.11 Å². The molecule has 0 aliphatic carbocycles. The van der Waals surface area contributed by atoms with Crippen molar-refractivity contribution < 1.29 is 5.11 Å². The van der Waals surface area contributed by atoms with E-state index in [4.69, 9.17) is 0 Å². The lowest BCUT2D eigenvalue weighted by molar-refractivity contribution is 0.0593. The minimum atomic E-state index is -1.00. The van der Waals surface area contributed by atoms with Crippen LogP contribution < -0.4 is 0 Å². The van der Waals surface area contributed by atoms with E-state index in [1.807, 2.05) is 48.5 Å². The molecule has 0 radical (unpaired) electrons. The maximum atomic E-state index is 10.4. The number of aliphatic hydroxyl groups is 1. The van der Waals surface area contributed by atoms with Crippen molar-refractivity contribution in [2.24, 2.45) is 4.99 Å². The minimum Gasteiger partial charge on any atom is -0.369 e. The van der Waals surface area contributed by atoms with Gasteiger partial charge >= 0.3 is 0 Å². The topological polar surface area (TPSA) is 32.6 Å². The van der Waals surface area contributed by atoms with E-state index in [0.717, 1.165) is 10.6 Å². The average Bonchev–Trinajstić information content (AvgIpc) is 2.47. The van der Waals surface area contributed by atoms with Crippen molar-refractivity contribution >= 4 is 16.8 Å². The Kier molecular flexibility index (Phi) is 3.64. The molecular formula is C17H17NOS. The molecule has 0 spiro atoms. The summed E-state index contributed by atoms with van der Waals surface area (Å²) in [7, 11) is 0. The van der Waals surface area contributed by atoms with Crippen LogP contribution in [0.2, 0.25) is 0 Å². The number of rotatable bonds is 2. The first-order valence-corrected chi connectivity index (χ1v) is 7.61. The summed E-state index contributed by atoms with van der Waals surface area (Å²) in [5, 5.41) is 11.6. The highest BCUT2D eigenvalue weighted by atomic mass is 32.2. The molecule has 0 unspecified atom stereocenters. The normalized spacial score (nSPS) is 26.1. The van der Waals surface area contributed by atoms with Gasteiger partial charge in [-0.3, -0.25) is 0 Å². The third-order valence-corrected chi connectivity index (χ3v) is 4.63. The molecular weight excluding hydrogens is 266 g/mol. The van der Waals surface area contributed by atoms with Crippen LogP contribution in [0.15, 0.2) is 65.7 Å². The van der Waals surface area contributed by atoms with Gasteiger partial charge in [-0.25, -0.2) is 4.99 Å². The molecule has 0 saturated heterocycles. The largest absolute Gasteiger partial charge is 0.369 e. The minimum absolute atomic E-state index is 0.235. The predicted octanol–water partition coefficient (Wildman–Crippen LogP) is 4.02. The van der Waals surface area contributed by atoms with Crippen LogP contribution in [0.25, 0.3) is 0 Å². The molecule has 3 heteroatoms. The van der Waals surface area contributed by atoms with E-state index < -0.39 is 5.72 Å². The molecule has 1 aliphatic heterocycles. The third kappa shape index (κ3) is 2.94. The Morgan fingerprint density at radius 3 is 2.30 bits per heavy atom. The summed E-state index contributed by atoms with van der Waals surface area (Å²) in [6.45, 7) is 1.78.